The fourth-order valence-corrected chi connectivity index (χ4v) is 2.94. The van der Waals surface area contributed by atoms with Gasteiger partial charge in [0.25, 0.3) is 0 Å². The molecule has 3 nitrogen and oxygen atoms in total. The SMILES string of the molecule is O=S(=O)(Cl)[C@H]([C@@H]1CCCO1)C(F)(F)F. The summed E-state index contributed by atoms with van der Waals surface area (Å²) in [6.45, 7) is 0.143. The van der Waals surface area contributed by atoms with Gasteiger partial charge < -0.3 is 4.74 Å². The Hall–Kier alpha value is -0.0100. The molecule has 0 saturated carbocycles. The Labute approximate surface area is 83.6 Å². The van der Waals surface area contributed by atoms with Crippen LogP contribution in [0.3, 0.4) is 0 Å². The summed E-state index contributed by atoms with van der Waals surface area (Å²) in [4.78, 5) is 0. The second-order valence-corrected chi connectivity index (χ2v) is 5.74. The van der Waals surface area contributed by atoms with Gasteiger partial charge in [-0.2, -0.15) is 13.2 Å². The van der Waals surface area contributed by atoms with Crippen molar-refractivity contribution in [2.24, 2.45) is 0 Å². The lowest BCUT2D eigenvalue weighted by Crippen LogP contribution is -2.43. The van der Waals surface area contributed by atoms with E-state index in [-0.39, 0.29) is 13.0 Å². The maximum atomic E-state index is 12.3. The number of halogens is 4. The fraction of sp³-hybridized carbons (Fsp3) is 1.00. The third-order valence-electron chi connectivity index (χ3n) is 1.93. The fourth-order valence-electron chi connectivity index (χ4n) is 1.39. The van der Waals surface area contributed by atoms with E-state index in [9.17, 15) is 21.6 Å². The largest absolute Gasteiger partial charge is 0.409 e. The molecule has 1 fully saturated rings. The first-order valence-electron chi connectivity index (χ1n) is 3.84. The monoisotopic (exact) mass is 252 g/mol. The van der Waals surface area contributed by atoms with E-state index in [1.165, 1.54) is 0 Å². The van der Waals surface area contributed by atoms with Gasteiger partial charge >= 0.3 is 6.18 Å². The van der Waals surface area contributed by atoms with Gasteiger partial charge in [-0.25, -0.2) is 8.42 Å². The molecule has 1 heterocycles. The van der Waals surface area contributed by atoms with Crippen LogP contribution in [0.1, 0.15) is 12.8 Å². The minimum Gasteiger partial charge on any atom is -0.376 e. The van der Waals surface area contributed by atoms with Crippen molar-refractivity contribution in [1.29, 1.82) is 0 Å². The molecular formula is C6H8ClF3O3S. The van der Waals surface area contributed by atoms with Gasteiger partial charge in [0, 0.05) is 17.3 Å². The summed E-state index contributed by atoms with van der Waals surface area (Å²) < 4.78 is 63.1. The first-order valence-corrected chi connectivity index (χ1v) is 6.22. The molecule has 1 rings (SSSR count). The van der Waals surface area contributed by atoms with Gasteiger partial charge in [-0.05, 0) is 12.8 Å². The summed E-state index contributed by atoms with van der Waals surface area (Å²) in [7, 11) is 0.0523. The van der Waals surface area contributed by atoms with E-state index < -0.39 is 26.6 Å². The first-order chi connectivity index (χ1) is 6.23. The van der Waals surface area contributed by atoms with Crippen LogP contribution >= 0.6 is 10.7 Å². The van der Waals surface area contributed by atoms with Gasteiger partial charge in [-0.3, -0.25) is 0 Å². The van der Waals surface area contributed by atoms with Crippen LogP contribution in [0, 0.1) is 0 Å². The van der Waals surface area contributed by atoms with Gasteiger partial charge in [0.1, 0.15) is 0 Å². The van der Waals surface area contributed by atoms with Crippen molar-refractivity contribution in [1.82, 2.24) is 0 Å². The number of hydrogen-bond acceptors (Lipinski definition) is 3. The van der Waals surface area contributed by atoms with Crippen molar-refractivity contribution in [2.45, 2.75) is 30.4 Å². The molecule has 0 aromatic rings. The lowest BCUT2D eigenvalue weighted by atomic mass is 10.2. The molecule has 14 heavy (non-hydrogen) atoms. The number of rotatable bonds is 2. The van der Waals surface area contributed by atoms with Crippen molar-refractivity contribution < 1.29 is 26.3 Å². The molecule has 1 aliphatic rings. The zero-order valence-corrected chi connectivity index (χ0v) is 8.49. The molecule has 1 saturated heterocycles. The zero-order valence-electron chi connectivity index (χ0n) is 6.92. The van der Waals surface area contributed by atoms with Crippen LogP contribution in [0.25, 0.3) is 0 Å². The summed E-state index contributed by atoms with van der Waals surface area (Å²) in [5, 5.41) is -2.61. The first kappa shape index (κ1) is 12.1. The Morgan fingerprint density at radius 2 is 2.00 bits per heavy atom. The van der Waals surface area contributed by atoms with Gasteiger partial charge in [-0.1, -0.05) is 0 Å². The smallest absolute Gasteiger partial charge is 0.376 e. The minimum atomic E-state index is -4.88. The van der Waals surface area contributed by atoms with Crippen molar-refractivity contribution in [3.8, 4) is 0 Å². The molecule has 84 valence electrons. The summed E-state index contributed by atoms with van der Waals surface area (Å²) in [6, 6.07) is 0. The van der Waals surface area contributed by atoms with Gasteiger partial charge in [-0.15, -0.1) is 0 Å². The highest BCUT2D eigenvalue weighted by atomic mass is 35.7. The zero-order chi connectivity index (χ0) is 11.0. The maximum absolute atomic E-state index is 12.3. The normalized spacial score (nSPS) is 26.4. The van der Waals surface area contributed by atoms with E-state index in [1.54, 1.807) is 0 Å². The quantitative estimate of drug-likeness (QED) is 0.702. The molecule has 0 bridgehead atoms. The van der Waals surface area contributed by atoms with Gasteiger partial charge in [0.2, 0.25) is 9.05 Å². The Balaban J connectivity index is 2.93. The molecule has 0 unspecified atom stereocenters. The topological polar surface area (TPSA) is 43.4 Å². The predicted molar refractivity (Wildman–Crippen MR) is 43.6 cm³/mol. The van der Waals surface area contributed by atoms with E-state index in [0.717, 1.165) is 0 Å². The van der Waals surface area contributed by atoms with Crippen LogP contribution < -0.4 is 0 Å². The second kappa shape index (κ2) is 3.86. The van der Waals surface area contributed by atoms with Gasteiger partial charge in [0.05, 0.1) is 6.10 Å². The molecule has 0 radical (unpaired) electrons. The highest BCUT2D eigenvalue weighted by molar-refractivity contribution is 8.14. The molecule has 0 aromatic heterocycles. The van der Waals surface area contributed by atoms with Crippen molar-refractivity contribution in [2.75, 3.05) is 6.61 Å². The van der Waals surface area contributed by atoms with E-state index >= 15 is 0 Å². The molecule has 1 aliphatic heterocycles. The van der Waals surface area contributed by atoms with Crippen LogP contribution in [-0.2, 0) is 13.8 Å². The summed E-state index contributed by atoms with van der Waals surface area (Å²) in [6.07, 6.45) is -5.76. The van der Waals surface area contributed by atoms with E-state index in [0.29, 0.717) is 6.42 Å². The van der Waals surface area contributed by atoms with Crippen molar-refractivity contribution in [3.63, 3.8) is 0 Å². The van der Waals surface area contributed by atoms with Crippen LogP contribution in [0.15, 0.2) is 0 Å². The predicted octanol–water partition coefficient (Wildman–Crippen LogP) is 1.66. The second-order valence-electron chi connectivity index (χ2n) is 2.99. The number of hydrogen-bond donors (Lipinski definition) is 0. The van der Waals surface area contributed by atoms with Gasteiger partial charge in [0.15, 0.2) is 5.25 Å². The molecule has 0 aromatic carbocycles. The van der Waals surface area contributed by atoms with Crippen LogP contribution in [0.4, 0.5) is 13.2 Å². The highest BCUT2D eigenvalue weighted by Gasteiger charge is 2.53. The summed E-state index contributed by atoms with van der Waals surface area (Å²) >= 11 is 0. The van der Waals surface area contributed by atoms with Crippen LogP contribution in [0.5, 0.6) is 0 Å². The van der Waals surface area contributed by atoms with Crippen molar-refractivity contribution in [3.05, 3.63) is 0 Å². The van der Waals surface area contributed by atoms with Crippen LogP contribution in [0.2, 0.25) is 0 Å². The molecule has 2 atom stereocenters. The lowest BCUT2D eigenvalue weighted by molar-refractivity contribution is -0.149. The molecule has 0 aliphatic carbocycles. The van der Waals surface area contributed by atoms with E-state index in [2.05, 4.69) is 4.74 Å². The number of ether oxygens (including phenoxy) is 1. The lowest BCUT2D eigenvalue weighted by Gasteiger charge is -2.22. The van der Waals surface area contributed by atoms with Crippen LogP contribution in [-0.4, -0.2) is 32.6 Å². The summed E-state index contributed by atoms with van der Waals surface area (Å²) in [5.74, 6) is 0. The third kappa shape index (κ3) is 2.74. The van der Waals surface area contributed by atoms with E-state index in [1.807, 2.05) is 0 Å². The Bertz CT molecular complexity index is 294. The summed E-state index contributed by atoms with van der Waals surface area (Å²) in [5.41, 5.74) is 0. The highest BCUT2D eigenvalue weighted by Crippen LogP contribution is 2.35. The molecule has 0 N–H and O–H groups in total. The molecule has 8 heteroatoms. The maximum Gasteiger partial charge on any atom is 0.409 e. The molecule has 0 spiro atoms. The average molecular weight is 253 g/mol. The molecule has 0 amide bonds. The third-order valence-corrected chi connectivity index (χ3v) is 3.68. The Kier molecular flexibility index (Phi) is 3.33. The standard InChI is InChI=1S/C6H8ClF3O3S/c7-14(11,12)5(6(8,9)10)4-2-1-3-13-4/h4-5H,1-3H2/t4-,5+/m0/s1. The number of alkyl halides is 3. The Morgan fingerprint density at radius 3 is 2.29 bits per heavy atom. The Morgan fingerprint density at radius 1 is 1.43 bits per heavy atom. The van der Waals surface area contributed by atoms with Crippen molar-refractivity contribution >= 4 is 19.7 Å². The molecular weight excluding hydrogens is 245 g/mol. The minimum absolute atomic E-state index is 0.0656. The van der Waals surface area contributed by atoms with E-state index in [4.69, 9.17) is 10.7 Å². The average Bonchev–Trinajstić information content (AvgIpc) is 2.31.